The molecule has 182 valence electrons. The predicted octanol–water partition coefficient (Wildman–Crippen LogP) is 3.66. The molecule has 3 aromatic carbocycles. The summed E-state index contributed by atoms with van der Waals surface area (Å²) in [5.74, 6) is -0.0114. The van der Waals surface area contributed by atoms with Gasteiger partial charge in [-0.1, -0.05) is 66.7 Å². The van der Waals surface area contributed by atoms with E-state index in [-0.39, 0.29) is 23.8 Å². The second kappa shape index (κ2) is 9.93. The zero-order chi connectivity index (χ0) is 24.4. The van der Waals surface area contributed by atoms with E-state index in [1.54, 1.807) is 12.1 Å². The quantitative estimate of drug-likeness (QED) is 0.591. The van der Waals surface area contributed by atoms with Crippen LogP contribution in [-0.4, -0.2) is 58.3 Å². The molecule has 0 radical (unpaired) electrons. The smallest absolute Gasteiger partial charge is 0.228 e. The van der Waals surface area contributed by atoms with Crippen molar-refractivity contribution in [2.75, 3.05) is 39.1 Å². The van der Waals surface area contributed by atoms with Crippen molar-refractivity contribution in [2.45, 2.75) is 16.9 Å². The van der Waals surface area contributed by atoms with Crippen LogP contribution in [0, 0.1) is 5.92 Å². The Morgan fingerprint density at radius 2 is 1.66 bits per heavy atom. The van der Waals surface area contributed by atoms with Crippen molar-refractivity contribution in [3.8, 4) is 11.1 Å². The molecule has 7 heteroatoms. The number of hydrogen-bond acceptors (Lipinski definition) is 5. The number of hydrogen-bond donors (Lipinski definition) is 1. The predicted molar refractivity (Wildman–Crippen MR) is 136 cm³/mol. The van der Waals surface area contributed by atoms with E-state index >= 15 is 0 Å². The molecule has 1 amide bonds. The molecule has 0 spiro atoms. The van der Waals surface area contributed by atoms with Crippen LogP contribution < -0.4 is 5.32 Å². The van der Waals surface area contributed by atoms with Gasteiger partial charge in [0.1, 0.15) is 0 Å². The van der Waals surface area contributed by atoms with Gasteiger partial charge in [0, 0.05) is 31.8 Å². The Kier molecular flexibility index (Phi) is 6.73. The SMILES string of the molecule is CS(=O)(=O)c1ccc(-c2ccccc2[C@@H]2CNC[C@H]2C(=O)N2CCOC[C@@H]2c2ccccc2)cc1. The molecule has 0 bridgehead atoms. The van der Waals surface area contributed by atoms with Gasteiger partial charge >= 0.3 is 0 Å². The molecule has 0 aromatic heterocycles. The van der Waals surface area contributed by atoms with E-state index in [1.807, 2.05) is 53.4 Å². The molecule has 5 rings (SSSR count). The maximum absolute atomic E-state index is 13.9. The summed E-state index contributed by atoms with van der Waals surface area (Å²) in [5.41, 5.74) is 4.17. The fraction of sp³-hybridized carbons (Fsp3) is 0.321. The second-order valence-corrected chi connectivity index (χ2v) is 11.3. The van der Waals surface area contributed by atoms with Crippen molar-refractivity contribution in [1.82, 2.24) is 10.2 Å². The number of nitrogens with one attached hydrogen (secondary N) is 1. The summed E-state index contributed by atoms with van der Waals surface area (Å²) < 4.78 is 29.5. The van der Waals surface area contributed by atoms with Gasteiger partial charge in [0.05, 0.1) is 30.1 Å². The van der Waals surface area contributed by atoms with E-state index in [4.69, 9.17) is 4.74 Å². The van der Waals surface area contributed by atoms with Gasteiger partial charge < -0.3 is 15.0 Å². The van der Waals surface area contributed by atoms with Crippen LogP contribution in [0.3, 0.4) is 0 Å². The minimum Gasteiger partial charge on any atom is -0.377 e. The van der Waals surface area contributed by atoms with Crippen molar-refractivity contribution in [3.63, 3.8) is 0 Å². The van der Waals surface area contributed by atoms with E-state index in [9.17, 15) is 13.2 Å². The van der Waals surface area contributed by atoms with Gasteiger partial charge in [-0.15, -0.1) is 0 Å². The van der Waals surface area contributed by atoms with Crippen molar-refractivity contribution >= 4 is 15.7 Å². The number of carbonyl (C=O) groups excluding carboxylic acids is 1. The molecule has 3 aromatic rings. The number of sulfone groups is 1. The third-order valence-corrected chi connectivity index (χ3v) is 8.21. The van der Waals surface area contributed by atoms with Gasteiger partial charge in [-0.05, 0) is 34.4 Å². The van der Waals surface area contributed by atoms with Crippen LogP contribution >= 0.6 is 0 Å². The topological polar surface area (TPSA) is 75.7 Å². The first kappa shape index (κ1) is 23.7. The Hall–Kier alpha value is -3.00. The molecule has 2 saturated heterocycles. The lowest BCUT2D eigenvalue weighted by atomic mass is 9.83. The molecule has 3 atom stereocenters. The number of nitrogens with zero attached hydrogens (tertiary/aromatic N) is 1. The average Bonchev–Trinajstić information content (AvgIpc) is 3.38. The molecular formula is C28H30N2O4S. The number of rotatable bonds is 5. The minimum absolute atomic E-state index is 0.0209. The Bertz CT molecular complexity index is 1290. The first-order valence-electron chi connectivity index (χ1n) is 12.0. The van der Waals surface area contributed by atoms with Crippen LogP contribution in [0.4, 0.5) is 0 Å². The van der Waals surface area contributed by atoms with Gasteiger partial charge in [-0.25, -0.2) is 8.42 Å². The maximum atomic E-state index is 13.9. The van der Waals surface area contributed by atoms with Crippen LogP contribution in [0.1, 0.15) is 23.1 Å². The van der Waals surface area contributed by atoms with Crippen LogP contribution in [0.25, 0.3) is 11.1 Å². The number of benzene rings is 3. The van der Waals surface area contributed by atoms with E-state index in [1.165, 1.54) is 6.26 Å². The highest BCUT2D eigenvalue weighted by Crippen LogP contribution is 2.38. The lowest BCUT2D eigenvalue weighted by Crippen LogP contribution is -2.47. The highest BCUT2D eigenvalue weighted by molar-refractivity contribution is 7.90. The normalized spacial score (nSPS) is 22.8. The average molecular weight is 491 g/mol. The van der Waals surface area contributed by atoms with Crippen molar-refractivity contribution in [2.24, 2.45) is 5.92 Å². The highest BCUT2D eigenvalue weighted by Gasteiger charge is 2.40. The molecule has 35 heavy (non-hydrogen) atoms. The van der Waals surface area contributed by atoms with Gasteiger partial charge in [-0.2, -0.15) is 0 Å². The van der Waals surface area contributed by atoms with E-state index in [0.29, 0.717) is 31.2 Å². The lowest BCUT2D eigenvalue weighted by molar-refractivity contribution is -0.144. The third kappa shape index (κ3) is 4.89. The molecule has 2 fully saturated rings. The van der Waals surface area contributed by atoms with Crippen LogP contribution in [0.5, 0.6) is 0 Å². The standard InChI is InChI=1S/C28H30N2O4S/c1-35(32,33)22-13-11-20(12-14-22)23-9-5-6-10-24(23)25-17-29-18-26(25)28(31)30-15-16-34-19-27(30)21-7-3-2-4-8-21/h2-14,25-27,29H,15-19H2,1H3/t25-,26+,27+/m0/s1. The van der Waals surface area contributed by atoms with E-state index < -0.39 is 9.84 Å². The second-order valence-electron chi connectivity index (χ2n) is 9.29. The van der Waals surface area contributed by atoms with Crippen molar-refractivity contribution in [3.05, 3.63) is 90.0 Å². The van der Waals surface area contributed by atoms with Crippen LogP contribution in [-0.2, 0) is 19.4 Å². The Labute approximate surface area is 206 Å². The molecule has 6 nitrogen and oxygen atoms in total. The monoisotopic (exact) mass is 490 g/mol. The summed E-state index contributed by atoms with van der Waals surface area (Å²) in [6.45, 7) is 2.97. The molecular weight excluding hydrogens is 460 g/mol. The molecule has 0 saturated carbocycles. The number of amides is 1. The first-order chi connectivity index (χ1) is 16.9. The highest BCUT2D eigenvalue weighted by atomic mass is 32.2. The molecule has 0 unspecified atom stereocenters. The summed E-state index contributed by atoms with van der Waals surface area (Å²) in [4.78, 5) is 16.2. The fourth-order valence-corrected chi connectivity index (χ4v) is 5.89. The van der Waals surface area contributed by atoms with Crippen molar-refractivity contribution < 1.29 is 17.9 Å². The first-order valence-corrected chi connectivity index (χ1v) is 13.9. The van der Waals surface area contributed by atoms with Crippen molar-refractivity contribution in [1.29, 1.82) is 0 Å². The molecule has 2 heterocycles. The molecule has 1 N–H and O–H groups in total. The van der Waals surface area contributed by atoms with Gasteiger partial charge in [0.15, 0.2) is 9.84 Å². The number of ether oxygens (including phenoxy) is 1. The van der Waals surface area contributed by atoms with E-state index in [2.05, 4.69) is 23.5 Å². The number of carbonyl (C=O) groups is 1. The molecule has 2 aliphatic heterocycles. The Balaban J connectivity index is 1.45. The Morgan fingerprint density at radius 1 is 0.943 bits per heavy atom. The largest absolute Gasteiger partial charge is 0.377 e. The van der Waals surface area contributed by atoms with Gasteiger partial charge in [0.2, 0.25) is 5.91 Å². The fourth-order valence-electron chi connectivity index (χ4n) is 5.26. The molecule has 0 aliphatic carbocycles. The third-order valence-electron chi connectivity index (χ3n) is 7.08. The minimum atomic E-state index is -3.26. The van der Waals surface area contributed by atoms with Gasteiger partial charge in [-0.3, -0.25) is 4.79 Å². The molecule has 2 aliphatic rings. The Morgan fingerprint density at radius 3 is 2.40 bits per heavy atom. The summed E-state index contributed by atoms with van der Waals surface area (Å²) in [5, 5.41) is 3.45. The lowest BCUT2D eigenvalue weighted by Gasteiger charge is -2.38. The zero-order valence-electron chi connectivity index (χ0n) is 19.8. The van der Waals surface area contributed by atoms with E-state index in [0.717, 1.165) is 28.8 Å². The van der Waals surface area contributed by atoms with Crippen LogP contribution in [0.15, 0.2) is 83.8 Å². The summed E-state index contributed by atoms with van der Waals surface area (Å²) in [6, 6.07) is 25.1. The summed E-state index contributed by atoms with van der Waals surface area (Å²) in [7, 11) is -3.26. The summed E-state index contributed by atoms with van der Waals surface area (Å²) >= 11 is 0. The van der Waals surface area contributed by atoms with Crippen LogP contribution in [0.2, 0.25) is 0 Å². The van der Waals surface area contributed by atoms with Gasteiger partial charge in [0.25, 0.3) is 0 Å². The zero-order valence-corrected chi connectivity index (χ0v) is 20.6. The summed E-state index contributed by atoms with van der Waals surface area (Å²) in [6.07, 6.45) is 1.21. The maximum Gasteiger partial charge on any atom is 0.228 e. The number of morpholine rings is 1.